The second-order valence-electron chi connectivity index (χ2n) is 6.22. The molecule has 2 N–H and O–H groups in total. The number of nitrogens with zero attached hydrogens (tertiary/aromatic N) is 2. The summed E-state index contributed by atoms with van der Waals surface area (Å²) in [5.41, 5.74) is 0. The van der Waals surface area contributed by atoms with Crippen LogP contribution >= 0.6 is 11.3 Å². The molecule has 1 heterocycles. The smallest absolute Gasteiger partial charge is 0.360 e. The Kier molecular flexibility index (Phi) is 6.08. The Morgan fingerprint density at radius 1 is 1.21 bits per heavy atom. The van der Waals surface area contributed by atoms with Crippen LogP contribution in [0.2, 0.25) is 0 Å². The van der Waals surface area contributed by atoms with Crippen molar-refractivity contribution in [2.75, 3.05) is 11.9 Å². The molecule has 1 saturated carbocycles. The number of hydrogen-bond acceptors (Lipinski definition) is 6. The van der Waals surface area contributed by atoms with Gasteiger partial charge < -0.3 is 5.32 Å². The minimum absolute atomic E-state index is 0.0630. The van der Waals surface area contributed by atoms with Crippen molar-refractivity contribution in [3.8, 4) is 0 Å². The van der Waals surface area contributed by atoms with E-state index in [-0.39, 0.29) is 17.1 Å². The zero-order chi connectivity index (χ0) is 18.0. The Morgan fingerprint density at radius 3 is 2.33 bits per heavy atom. The predicted octanol–water partition coefficient (Wildman–Crippen LogP) is 2.86. The van der Waals surface area contributed by atoms with Gasteiger partial charge in [-0.1, -0.05) is 11.3 Å². The van der Waals surface area contributed by atoms with E-state index in [0.717, 1.165) is 25.7 Å². The van der Waals surface area contributed by atoms with E-state index in [1.807, 2.05) is 0 Å². The molecule has 11 heteroatoms. The summed E-state index contributed by atoms with van der Waals surface area (Å²) < 4.78 is 63.8. The van der Waals surface area contributed by atoms with Gasteiger partial charge in [0, 0.05) is 12.6 Å². The maximum Gasteiger partial charge on any atom is 0.445 e. The third kappa shape index (κ3) is 5.28. The first-order valence-electron chi connectivity index (χ1n) is 7.73. The van der Waals surface area contributed by atoms with Crippen LogP contribution in [0.3, 0.4) is 0 Å². The fourth-order valence-electron chi connectivity index (χ4n) is 2.49. The number of anilines is 1. The molecule has 2 rings (SSSR count). The summed E-state index contributed by atoms with van der Waals surface area (Å²) in [6.45, 7) is 3.78. The van der Waals surface area contributed by atoms with E-state index in [4.69, 9.17) is 0 Å². The highest BCUT2D eigenvalue weighted by Gasteiger charge is 2.35. The van der Waals surface area contributed by atoms with Gasteiger partial charge in [0.1, 0.15) is 0 Å². The Bertz CT molecular complexity index is 638. The average molecular weight is 386 g/mol. The van der Waals surface area contributed by atoms with Gasteiger partial charge in [-0.3, -0.25) is 0 Å². The van der Waals surface area contributed by atoms with Crippen molar-refractivity contribution in [2.24, 2.45) is 5.92 Å². The van der Waals surface area contributed by atoms with Crippen molar-refractivity contribution in [2.45, 2.75) is 57.0 Å². The standard InChI is InChI=1S/C13H21F3N4O2S2/c1-8(2)24(21,22)20-10-5-3-9(4-6-10)7-17-12-19-18-11(23-12)13(14,15)16/h8-10,20H,3-7H2,1-2H3,(H,17,19). The van der Waals surface area contributed by atoms with E-state index >= 15 is 0 Å². The molecule has 24 heavy (non-hydrogen) atoms. The van der Waals surface area contributed by atoms with Crippen LogP contribution in [0.15, 0.2) is 0 Å². The van der Waals surface area contributed by atoms with Gasteiger partial charge >= 0.3 is 6.18 Å². The number of sulfonamides is 1. The molecule has 1 aromatic rings. The van der Waals surface area contributed by atoms with E-state index in [0.29, 0.717) is 17.9 Å². The number of rotatable bonds is 6. The third-order valence-corrected chi connectivity index (χ3v) is 6.84. The molecule has 6 nitrogen and oxygen atoms in total. The summed E-state index contributed by atoms with van der Waals surface area (Å²) in [7, 11) is -3.27. The summed E-state index contributed by atoms with van der Waals surface area (Å²) >= 11 is 0.490. The van der Waals surface area contributed by atoms with Crippen molar-refractivity contribution in [3.63, 3.8) is 0 Å². The average Bonchev–Trinajstić information content (AvgIpc) is 2.95. The Balaban J connectivity index is 1.76. The zero-order valence-corrected chi connectivity index (χ0v) is 15.1. The van der Waals surface area contributed by atoms with Crippen molar-refractivity contribution < 1.29 is 21.6 Å². The lowest BCUT2D eigenvalue weighted by atomic mass is 9.86. The van der Waals surface area contributed by atoms with Crippen molar-refractivity contribution in [1.82, 2.24) is 14.9 Å². The zero-order valence-electron chi connectivity index (χ0n) is 13.4. The molecule has 0 aromatic carbocycles. The molecule has 0 spiro atoms. The normalized spacial score (nSPS) is 22.8. The van der Waals surface area contributed by atoms with Gasteiger partial charge in [0.15, 0.2) is 0 Å². The second kappa shape index (κ2) is 7.52. The SMILES string of the molecule is CC(C)S(=O)(=O)NC1CCC(CNc2nnc(C(F)(F)F)s2)CC1. The van der Waals surface area contributed by atoms with E-state index in [1.165, 1.54) is 0 Å². The van der Waals surface area contributed by atoms with Crippen molar-refractivity contribution in [1.29, 1.82) is 0 Å². The number of alkyl halides is 3. The molecule has 0 bridgehead atoms. The predicted molar refractivity (Wildman–Crippen MR) is 86.3 cm³/mol. The van der Waals surface area contributed by atoms with Crippen molar-refractivity contribution >= 4 is 26.5 Å². The molecule has 1 aromatic heterocycles. The highest BCUT2D eigenvalue weighted by molar-refractivity contribution is 7.90. The van der Waals surface area contributed by atoms with Gasteiger partial charge in [0.25, 0.3) is 0 Å². The number of hydrogen-bond donors (Lipinski definition) is 2. The molecular weight excluding hydrogens is 365 g/mol. The van der Waals surface area contributed by atoms with Crippen LogP contribution in [-0.2, 0) is 16.2 Å². The van der Waals surface area contributed by atoms with Crippen LogP contribution in [0.5, 0.6) is 0 Å². The molecule has 1 aliphatic carbocycles. The van der Waals surface area contributed by atoms with Gasteiger partial charge in [0.2, 0.25) is 20.2 Å². The summed E-state index contributed by atoms with van der Waals surface area (Å²) in [6, 6.07) is -0.0630. The molecule has 0 amide bonds. The lowest BCUT2D eigenvalue weighted by Gasteiger charge is -2.29. The minimum atomic E-state index is -4.47. The van der Waals surface area contributed by atoms with Gasteiger partial charge in [-0.25, -0.2) is 13.1 Å². The summed E-state index contributed by atoms with van der Waals surface area (Å²) in [4.78, 5) is 0. The lowest BCUT2D eigenvalue weighted by molar-refractivity contribution is -0.138. The molecule has 138 valence electrons. The summed E-state index contributed by atoms with van der Waals surface area (Å²) in [6.07, 6.45) is -1.40. The minimum Gasteiger partial charge on any atom is -0.360 e. The van der Waals surface area contributed by atoms with Gasteiger partial charge in [0.05, 0.1) is 5.25 Å². The highest BCUT2D eigenvalue weighted by Crippen LogP contribution is 2.33. The first-order valence-corrected chi connectivity index (χ1v) is 10.1. The third-order valence-electron chi connectivity index (χ3n) is 4.01. The number of aromatic nitrogens is 2. The molecule has 0 aliphatic heterocycles. The van der Waals surface area contributed by atoms with E-state index in [1.54, 1.807) is 13.8 Å². The van der Waals surface area contributed by atoms with Crippen molar-refractivity contribution in [3.05, 3.63) is 5.01 Å². The van der Waals surface area contributed by atoms with Crippen LogP contribution in [0.25, 0.3) is 0 Å². The lowest BCUT2D eigenvalue weighted by Crippen LogP contribution is -2.41. The van der Waals surface area contributed by atoms with Crippen LogP contribution < -0.4 is 10.0 Å². The molecule has 0 saturated heterocycles. The van der Waals surface area contributed by atoms with E-state index < -0.39 is 26.5 Å². The van der Waals surface area contributed by atoms with Crippen LogP contribution in [0, 0.1) is 5.92 Å². The maximum absolute atomic E-state index is 12.5. The van der Waals surface area contributed by atoms with Gasteiger partial charge in [-0.05, 0) is 45.4 Å². The van der Waals surface area contributed by atoms with Crippen LogP contribution in [0.1, 0.15) is 44.5 Å². The first-order chi connectivity index (χ1) is 11.1. The molecule has 0 radical (unpaired) electrons. The molecule has 1 aliphatic rings. The maximum atomic E-state index is 12.5. The topological polar surface area (TPSA) is 84.0 Å². The fraction of sp³-hybridized carbons (Fsp3) is 0.846. The molecule has 0 unspecified atom stereocenters. The number of halogens is 3. The van der Waals surface area contributed by atoms with E-state index in [9.17, 15) is 21.6 Å². The Labute approximate surface area is 143 Å². The number of nitrogens with one attached hydrogen (secondary N) is 2. The van der Waals surface area contributed by atoms with Crippen LogP contribution in [-0.4, -0.2) is 36.5 Å². The van der Waals surface area contributed by atoms with E-state index in [2.05, 4.69) is 20.2 Å². The summed E-state index contributed by atoms with van der Waals surface area (Å²) in [5.74, 6) is 0.281. The molecular formula is C13H21F3N4O2S2. The largest absolute Gasteiger partial charge is 0.445 e. The highest BCUT2D eigenvalue weighted by atomic mass is 32.2. The van der Waals surface area contributed by atoms with Gasteiger partial charge in [-0.2, -0.15) is 13.2 Å². The van der Waals surface area contributed by atoms with Crippen LogP contribution in [0.4, 0.5) is 18.3 Å². The monoisotopic (exact) mass is 386 g/mol. The molecule has 1 fully saturated rings. The Morgan fingerprint density at radius 2 is 1.83 bits per heavy atom. The first kappa shape index (κ1) is 19.4. The molecule has 0 atom stereocenters. The Hall–Kier alpha value is -0.940. The second-order valence-corrected chi connectivity index (χ2v) is 9.47. The quantitative estimate of drug-likeness (QED) is 0.785. The fourth-order valence-corrected chi connectivity index (χ4v) is 4.08. The van der Waals surface area contributed by atoms with Gasteiger partial charge in [-0.15, -0.1) is 10.2 Å². The summed E-state index contributed by atoms with van der Waals surface area (Å²) in [5, 5.41) is 8.25.